The van der Waals surface area contributed by atoms with Crippen molar-refractivity contribution in [3.63, 3.8) is 0 Å². The van der Waals surface area contributed by atoms with E-state index in [1.54, 1.807) is 50.7 Å². The molecule has 0 aliphatic carbocycles. The summed E-state index contributed by atoms with van der Waals surface area (Å²) in [6.45, 7) is 0.373. The number of halogens is 1. The van der Waals surface area contributed by atoms with E-state index in [9.17, 15) is 9.18 Å². The highest BCUT2D eigenvalue weighted by atomic mass is 19.1. The number of amides is 1. The molecule has 1 amide bonds. The van der Waals surface area contributed by atoms with Crippen LogP contribution in [0.3, 0.4) is 0 Å². The monoisotopic (exact) mass is 431 g/mol. The Kier molecular flexibility index (Phi) is 6.17. The molecule has 0 saturated heterocycles. The first-order valence-corrected chi connectivity index (χ1v) is 9.97. The Hall–Kier alpha value is -4.13. The molecule has 4 aromatic rings. The maximum atomic E-state index is 13.1. The highest BCUT2D eigenvalue weighted by Crippen LogP contribution is 2.24. The highest BCUT2D eigenvalue weighted by Gasteiger charge is 2.10. The lowest BCUT2D eigenvalue weighted by molar-refractivity contribution is 0.0950. The van der Waals surface area contributed by atoms with Crippen LogP contribution in [0.5, 0.6) is 11.5 Å². The number of H-pyrrole nitrogens is 1. The van der Waals surface area contributed by atoms with E-state index in [0.29, 0.717) is 29.4 Å². The number of aromatic amines is 1. The minimum Gasteiger partial charge on any atom is -0.497 e. The second-order valence-corrected chi connectivity index (χ2v) is 7.13. The Balaban J connectivity index is 1.41. The molecule has 6 nitrogen and oxygen atoms in total. The molecule has 1 heterocycles. The summed E-state index contributed by atoms with van der Waals surface area (Å²) >= 11 is 0. The Bertz CT molecular complexity index is 1200. The van der Waals surface area contributed by atoms with Crippen molar-refractivity contribution in [2.75, 3.05) is 14.2 Å². The van der Waals surface area contributed by atoms with Crippen molar-refractivity contribution in [3.8, 4) is 34.1 Å². The summed E-state index contributed by atoms with van der Waals surface area (Å²) in [5, 5.41) is 2.90. The number of methoxy groups -OCH3 is 2. The average molecular weight is 431 g/mol. The molecular weight excluding hydrogens is 409 g/mol. The van der Waals surface area contributed by atoms with Crippen LogP contribution >= 0.6 is 0 Å². The minimum absolute atomic E-state index is 0.221. The van der Waals surface area contributed by atoms with Crippen molar-refractivity contribution in [3.05, 3.63) is 89.9 Å². The summed E-state index contributed by atoms with van der Waals surface area (Å²) in [6, 6.07) is 19.0. The fourth-order valence-corrected chi connectivity index (χ4v) is 3.25. The van der Waals surface area contributed by atoms with E-state index in [-0.39, 0.29) is 11.7 Å². The van der Waals surface area contributed by atoms with Gasteiger partial charge < -0.3 is 19.8 Å². The number of hydrogen-bond donors (Lipinski definition) is 2. The number of nitrogens with zero attached hydrogens (tertiary/aromatic N) is 1. The van der Waals surface area contributed by atoms with Gasteiger partial charge in [0, 0.05) is 23.7 Å². The fraction of sp³-hybridized carbons (Fsp3) is 0.120. The van der Waals surface area contributed by atoms with Gasteiger partial charge in [-0.05, 0) is 47.5 Å². The second-order valence-electron chi connectivity index (χ2n) is 7.13. The molecule has 0 radical (unpaired) electrons. The molecule has 0 unspecified atom stereocenters. The van der Waals surface area contributed by atoms with Crippen LogP contribution in [0.2, 0.25) is 0 Å². The number of rotatable bonds is 7. The van der Waals surface area contributed by atoms with Gasteiger partial charge in [0.25, 0.3) is 5.91 Å². The van der Waals surface area contributed by atoms with Crippen LogP contribution in [0.1, 0.15) is 15.9 Å². The lowest BCUT2D eigenvalue weighted by Gasteiger charge is -2.09. The summed E-state index contributed by atoms with van der Waals surface area (Å²) in [5.74, 6) is 1.32. The zero-order chi connectivity index (χ0) is 22.5. The Morgan fingerprint density at radius 3 is 2.19 bits per heavy atom. The number of carbonyl (C=O) groups excluding carboxylic acids is 1. The van der Waals surface area contributed by atoms with Crippen LogP contribution in [-0.4, -0.2) is 30.1 Å². The molecular formula is C25H22FN3O3. The van der Waals surface area contributed by atoms with Crippen molar-refractivity contribution in [1.29, 1.82) is 0 Å². The Morgan fingerprint density at radius 1 is 0.938 bits per heavy atom. The number of imidazole rings is 1. The number of aromatic nitrogens is 2. The van der Waals surface area contributed by atoms with Crippen molar-refractivity contribution in [2.24, 2.45) is 0 Å². The maximum absolute atomic E-state index is 13.1. The van der Waals surface area contributed by atoms with Crippen molar-refractivity contribution >= 4 is 5.91 Å². The number of benzene rings is 3. The predicted octanol–water partition coefficient (Wildman–Crippen LogP) is 4.83. The zero-order valence-corrected chi connectivity index (χ0v) is 17.7. The molecule has 2 N–H and O–H groups in total. The molecule has 0 aliphatic rings. The number of nitrogens with one attached hydrogen (secondary N) is 2. The molecule has 0 saturated carbocycles. The lowest BCUT2D eigenvalue weighted by atomic mass is 10.1. The van der Waals surface area contributed by atoms with Gasteiger partial charge in [0.1, 0.15) is 23.1 Å². The van der Waals surface area contributed by atoms with Crippen LogP contribution in [0.25, 0.3) is 22.6 Å². The smallest absolute Gasteiger partial charge is 0.251 e. The second kappa shape index (κ2) is 9.34. The summed E-state index contributed by atoms with van der Waals surface area (Å²) in [6.07, 6.45) is 1.72. The molecule has 0 fully saturated rings. The average Bonchev–Trinajstić information content (AvgIpc) is 3.33. The highest BCUT2D eigenvalue weighted by molar-refractivity contribution is 5.95. The van der Waals surface area contributed by atoms with E-state index in [1.165, 1.54) is 12.1 Å². The standard InChI is InChI=1S/C25H22FN3O3/c1-31-21-11-19(12-22(13-21)32-2)25(30)28-14-16-3-5-18(6-4-16)24-27-15-23(29-24)17-7-9-20(26)10-8-17/h3-13,15H,14H2,1-2H3,(H,27,29)(H,28,30). The van der Waals surface area contributed by atoms with Gasteiger partial charge in [-0.2, -0.15) is 0 Å². The quantitative estimate of drug-likeness (QED) is 0.439. The van der Waals surface area contributed by atoms with Gasteiger partial charge in [-0.25, -0.2) is 9.37 Å². The van der Waals surface area contributed by atoms with E-state index >= 15 is 0 Å². The van der Waals surface area contributed by atoms with Crippen LogP contribution in [0, 0.1) is 5.82 Å². The Labute approximate surface area is 185 Å². The topological polar surface area (TPSA) is 76.2 Å². The van der Waals surface area contributed by atoms with Gasteiger partial charge in [-0.3, -0.25) is 4.79 Å². The normalized spacial score (nSPS) is 10.6. The third-order valence-electron chi connectivity index (χ3n) is 5.03. The number of hydrogen-bond acceptors (Lipinski definition) is 4. The summed E-state index contributed by atoms with van der Waals surface area (Å²) in [5.41, 5.74) is 3.98. The van der Waals surface area contributed by atoms with Gasteiger partial charge in [0.05, 0.1) is 26.1 Å². The van der Waals surface area contributed by atoms with Crippen molar-refractivity contribution in [1.82, 2.24) is 15.3 Å². The Morgan fingerprint density at radius 2 is 1.56 bits per heavy atom. The van der Waals surface area contributed by atoms with Crippen LogP contribution < -0.4 is 14.8 Å². The van der Waals surface area contributed by atoms with E-state index in [2.05, 4.69) is 15.3 Å². The molecule has 162 valence electrons. The van der Waals surface area contributed by atoms with Gasteiger partial charge in [0.2, 0.25) is 0 Å². The zero-order valence-electron chi connectivity index (χ0n) is 17.7. The molecule has 1 aromatic heterocycles. The van der Waals surface area contributed by atoms with Crippen LogP contribution in [0.15, 0.2) is 72.9 Å². The molecule has 0 spiro atoms. The van der Waals surface area contributed by atoms with E-state index in [1.807, 2.05) is 24.3 Å². The molecule has 0 bridgehead atoms. The van der Waals surface area contributed by atoms with Crippen molar-refractivity contribution < 1.29 is 18.7 Å². The third kappa shape index (κ3) is 4.78. The first-order valence-electron chi connectivity index (χ1n) is 9.97. The van der Waals surface area contributed by atoms with E-state index < -0.39 is 0 Å². The molecule has 7 heteroatoms. The fourth-order valence-electron chi connectivity index (χ4n) is 3.25. The van der Waals surface area contributed by atoms with Crippen LogP contribution in [0.4, 0.5) is 4.39 Å². The summed E-state index contributed by atoms with van der Waals surface area (Å²) in [4.78, 5) is 20.2. The lowest BCUT2D eigenvalue weighted by Crippen LogP contribution is -2.22. The van der Waals surface area contributed by atoms with Gasteiger partial charge in [0.15, 0.2) is 0 Å². The van der Waals surface area contributed by atoms with Crippen LogP contribution in [-0.2, 0) is 6.54 Å². The molecule has 0 aliphatic heterocycles. The summed E-state index contributed by atoms with van der Waals surface area (Å²) < 4.78 is 23.6. The van der Waals surface area contributed by atoms with Crippen molar-refractivity contribution in [2.45, 2.75) is 6.54 Å². The molecule has 4 rings (SSSR count). The van der Waals surface area contributed by atoms with E-state index in [4.69, 9.17) is 9.47 Å². The van der Waals surface area contributed by atoms with Gasteiger partial charge >= 0.3 is 0 Å². The predicted molar refractivity (Wildman–Crippen MR) is 120 cm³/mol. The summed E-state index contributed by atoms with van der Waals surface area (Å²) in [7, 11) is 3.08. The third-order valence-corrected chi connectivity index (χ3v) is 5.03. The first-order chi connectivity index (χ1) is 15.6. The number of carbonyl (C=O) groups is 1. The van der Waals surface area contributed by atoms with Gasteiger partial charge in [-0.1, -0.05) is 24.3 Å². The first kappa shape index (κ1) is 21.1. The van der Waals surface area contributed by atoms with Gasteiger partial charge in [-0.15, -0.1) is 0 Å². The molecule has 32 heavy (non-hydrogen) atoms. The number of ether oxygens (including phenoxy) is 2. The minimum atomic E-state index is -0.276. The maximum Gasteiger partial charge on any atom is 0.251 e. The molecule has 3 aromatic carbocycles. The van der Waals surface area contributed by atoms with E-state index in [0.717, 1.165) is 22.4 Å². The molecule has 0 atom stereocenters. The SMILES string of the molecule is COc1cc(OC)cc(C(=O)NCc2ccc(-c3ncc(-c4ccc(F)cc4)[nH]3)cc2)c1. The largest absolute Gasteiger partial charge is 0.497 e.